The molecule has 0 spiro atoms. The van der Waals surface area contributed by atoms with Gasteiger partial charge in [-0.05, 0) is 25.8 Å². The van der Waals surface area contributed by atoms with Gasteiger partial charge in [0.1, 0.15) is 0 Å². The summed E-state index contributed by atoms with van der Waals surface area (Å²) in [5, 5.41) is 3.22. The smallest absolute Gasteiger partial charge is 0.270 e. The van der Waals surface area contributed by atoms with E-state index < -0.39 is 0 Å². The lowest BCUT2D eigenvalue weighted by atomic mass is 10.1. The van der Waals surface area contributed by atoms with Crippen molar-refractivity contribution < 1.29 is 0 Å². The number of rotatable bonds is 3. The summed E-state index contributed by atoms with van der Waals surface area (Å²) in [6, 6.07) is 10.2. The average Bonchev–Trinajstić information content (AvgIpc) is 2.67. The Labute approximate surface area is 101 Å². The Kier molecular flexibility index (Phi) is 3.18. The van der Waals surface area contributed by atoms with E-state index in [1.54, 1.807) is 4.68 Å². The Balaban J connectivity index is 2.55. The second-order valence-electron chi connectivity index (χ2n) is 4.41. The first kappa shape index (κ1) is 11.7. The third-order valence-electron chi connectivity index (χ3n) is 3.24. The highest BCUT2D eigenvalue weighted by molar-refractivity contribution is 5.62. The van der Waals surface area contributed by atoms with Crippen molar-refractivity contribution in [3.8, 4) is 11.3 Å². The third kappa shape index (κ3) is 2.05. The van der Waals surface area contributed by atoms with Crippen molar-refractivity contribution in [3.63, 3.8) is 0 Å². The van der Waals surface area contributed by atoms with Gasteiger partial charge in [0.05, 0.1) is 11.7 Å². The molecular weight excluding hydrogens is 212 g/mol. The molecule has 0 bridgehead atoms. The Hall–Kier alpha value is -1.77. The molecule has 0 fully saturated rings. The fourth-order valence-corrected chi connectivity index (χ4v) is 1.92. The van der Waals surface area contributed by atoms with E-state index in [1.165, 1.54) is 0 Å². The predicted octanol–water partition coefficient (Wildman–Crippen LogP) is 3.12. The summed E-state index contributed by atoms with van der Waals surface area (Å²) in [6.07, 6.45) is 0.939. The molecular formula is C14H18N2O. The van der Waals surface area contributed by atoms with E-state index in [0.29, 0.717) is 0 Å². The fraction of sp³-hybridized carbons (Fsp3) is 0.357. The second-order valence-corrected chi connectivity index (χ2v) is 4.41. The van der Waals surface area contributed by atoms with Gasteiger partial charge in [-0.25, -0.2) is 4.68 Å². The summed E-state index contributed by atoms with van der Waals surface area (Å²) in [6.45, 7) is 6.00. The lowest BCUT2D eigenvalue weighted by molar-refractivity contribution is 0.466. The molecule has 2 rings (SSSR count). The van der Waals surface area contributed by atoms with Gasteiger partial charge >= 0.3 is 0 Å². The van der Waals surface area contributed by atoms with Gasteiger partial charge in [0.25, 0.3) is 5.56 Å². The minimum Gasteiger partial charge on any atom is -0.294 e. The normalized spacial score (nSPS) is 12.6. The molecule has 1 atom stereocenters. The van der Waals surface area contributed by atoms with E-state index in [2.05, 4.69) is 12.0 Å². The highest BCUT2D eigenvalue weighted by atomic mass is 16.1. The summed E-state index contributed by atoms with van der Waals surface area (Å²) in [4.78, 5) is 12.1. The van der Waals surface area contributed by atoms with Gasteiger partial charge in [0.2, 0.25) is 0 Å². The van der Waals surface area contributed by atoms with Crippen molar-refractivity contribution in [2.75, 3.05) is 0 Å². The Morgan fingerprint density at radius 2 is 1.94 bits per heavy atom. The van der Waals surface area contributed by atoms with Crippen LogP contribution in [0.5, 0.6) is 0 Å². The Bertz CT molecular complexity index is 551. The number of benzene rings is 1. The van der Waals surface area contributed by atoms with Crippen LogP contribution < -0.4 is 5.56 Å². The lowest BCUT2D eigenvalue weighted by Crippen LogP contribution is -2.21. The molecule has 1 heterocycles. The standard InChI is InChI=1S/C14H18N2O/c1-4-10(2)16-14(17)11(3)13(15-16)12-8-6-5-7-9-12/h5-10,15H,4H2,1-3H3. The monoisotopic (exact) mass is 230 g/mol. The molecule has 0 aliphatic carbocycles. The number of aromatic nitrogens is 2. The maximum Gasteiger partial charge on any atom is 0.270 e. The molecule has 0 aliphatic rings. The molecule has 17 heavy (non-hydrogen) atoms. The molecule has 1 aromatic heterocycles. The average molecular weight is 230 g/mol. The molecule has 0 saturated heterocycles. The summed E-state index contributed by atoms with van der Waals surface area (Å²) >= 11 is 0. The van der Waals surface area contributed by atoms with E-state index in [4.69, 9.17) is 0 Å². The van der Waals surface area contributed by atoms with Crippen LogP contribution in [-0.4, -0.2) is 9.78 Å². The van der Waals surface area contributed by atoms with Crippen LogP contribution >= 0.6 is 0 Å². The summed E-state index contributed by atoms with van der Waals surface area (Å²) < 4.78 is 1.72. The number of nitrogens with zero attached hydrogens (tertiary/aromatic N) is 1. The van der Waals surface area contributed by atoms with Crippen LogP contribution in [0.4, 0.5) is 0 Å². The highest BCUT2D eigenvalue weighted by Crippen LogP contribution is 2.20. The van der Waals surface area contributed by atoms with Crippen molar-refractivity contribution in [1.29, 1.82) is 0 Å². The summed E-state index contributed by atoms with van der Waals surface area (Å²) in [5.41, 5.74) is 2.86. The first-order valence-electron chi connectivity index (χ1n) is 6.01. The largest absolute Gasteiger partial charge is 0.294 e. The lowest BCUT2D eigenvalue weighted by Gasteiger charge is -2.08. The van der Waals surface area contributed by atoms with E-state index in [0.717, 1.165) is 23.2 Å². The molecule has 0 saturated carbocycles. The maximum atomic E-state index is 12.1. The van der Waals surface area contributed by atoms with E-state index in [9.17, 15) is 4.79 Å². The van der Waals surface area contributed by atoms with Crippen molar-refractivity contribution >= 4 is 0 Å². The Morgan fingerprint density at radius 3 is 2.53 bits per heavy atom. The van der Waals surface area contributed by atoms with Gasteiger partial charge in [0, 0.05) is 5.56 Å². The van der Waals surface area contributed by atoms with Crippen molar-refractivity contribution in [3.05, 3.63) is 46.2 Å². The van der Waals surface area contributed by atoms with Gasteiger partial charge in [-0.1, -0.05) is 37.3 Å². The van der Waals surface area contributed by atoms with Crippen LogP contribution in [0.15, 0.2) is 35.1 Å². The van der Waals surface area contributed by atoms with Crippen LogP contribution in [0.1, 0.15) is 31.9 Å². The maximum absolute atomic E-state index is 12.1. The van der Waals surface area contributed by atoms with Crippen LogP contribution in [0, 0.1) is 6.92 Å². The summed E-state index contributed by atoms with van der Waals surface area (Å²) in [5.74, 6) is 0. The zero-order chi connectivity index (χ0) is 12.4. The second kappa shape index (κ2) is 4.62. The zero-order valence-electron chi connectivity index (χ0n) is 10.5. The minimum atomic E-state index is 0.0817. The van der Waals surface area contributed by atoms with Crippen LogP contribution in [0.25, 0.3) is 11.3 Å². The molecule has 0 amide bonds. The van der Waals surface area contributed by atoms with Gasteiger partial charge < -0.3 is 0 Å². The van der Waals surface area contributed by atoms with Crippen molar-refractivity contribution in [2.24, 2.45) is 0 Å². The van der Waals surface area contributed by atoms with Crippen molar-refractivity contribution in [1.82, 2.24) is 9.78 Å². The van der Waals surface area contributed by atoms with Gasteiger partial charge in [-0.2, -0.15) is 0 Å². The number of nitrogens with one attached hydrogen (secondary N) is 1. The zero-order valence-corrected chi connectivity index (χ0v) is 10.5. The number of hydrogen-bond acceptors (Lipinski definition) is 1. The van der Waals surface area contributed by atoms with Crippen LogP contribution in [0.2, 0.25) is 0 Å². The van der Waals surface area contributed by atoms with Gasteiger partial charge in [-0.15, -0.1) is 0 Å². The number of hydrogen-bond donors (Lipinski definition) is 1. The molecule has 0 aliphatic heterocycles. The third-order valence-corrected chi connectivity index (χ3v) is 3.24. The number of H-pyrrole nitrogens is 1. The van der Waals surface area contributed by atoms with E-state index in [1.807, 2.05) is 44.2 Å². The molecule has 1 unspecified atom stereocenters. The minimum absolute atomic E-state index is 0.0817. The van der Waals surface area contributed by atoms with Crippen LogP contribution in [0.3, 0.4) is 0 Å². The van der Waals surface area contributed by atoms with Gasteiger partial charge in [0.15, 0.2) is 0 Å². The molecule has 0 radical (unpaired) electrons. The molecule has 1 aromatic carbocycles. The Morgan fingerprint density at radius 1 is 1.29 bits per heavy atom. The fourth-order valence-electron chi connectivity index (χ4n) is 1.92. The van der Waals surface area contributed by atoms with E-state index in [-0.39, 0.29) is 11.6 Å². The predicted molar refractivity (Wildman–Crippen MR) is 70.2 cm³/mol. The molecule has 1 N–H and O–H groups in total. The summed E-state index contributed by atoms with van der Waals surface area (Å²) in [7, 11) is 0. The van der Waals surface area contributed by atoms with E-state index >= 15 is 0 Å². The SMILES string of the molecule is CCC(C)n1[nH]c(-c2ccccc2)c(C)c1=O. The first-order chi connectivity index (χ1) is 8.15. The molecule has 3 nitrogen and oxygen atoms in total. The molecule has 2 aromatic rings. The van der Waals surface area contributed by atoms with Gasteiger partial charge in [-0.3, -0.25) is 9.89 Å². The highest BCUT2D eigenvalue weighted by Gasteiger charge is 2.14. The van der Waals surface area contributed by atoms with Crippen molar-refractivity contribution in [2.45, 2.75) is 33.2 Å². The van der Waals surface area contributed by atoms with Crippen LogP contribution in [-0.2, 0) is 0 Å². The topological polar surface area (TPSA) is 37.8 Å². The quantitative estimate of drug-likeness (QED) is 0.864. The first-order valence-corrected chi connectivity index (χ1v) is 6.01. The molecule has 3 heteroatoms. The number of aromatic amines is 1. The molecule has 90 valence electrons.